The zero-order chi connectivity index (χ0) is 66.9. The third-order valence-corrected chi connectivity index (χ3v) is 20.6. The molecule has 0 spiro atoms. The molecule has 0 saturated heterocycles. The van der Waals surface area contributed by atoms with Gasteiger partial charge in [-0.1, -0.05) is 438 Å². The Kier molecular flexibility index (Phi) is 73.4. The van der Waals surface area contributed by atoms with E-state index in [2.05, 4.69) is 13.8 Å². The van der Waals surface area contributed by atoms with Gasteiger partial charge in [0.25, 0.3) is 7.82 Å². The van der Waals surface area contributed by atoms with Crippen LogP contribution in [0.2, 0.25) is 0 Å². The van der Waals surface area contributed by atoms with Crippen LogP contribution in [0.4, 0.5) is 0 Å². The number of quaternary nitrogens is 1. The topological polar surface area (TPSA) is 111 Å². The van der Waals surface area contributed by atoms with Gasteiger partial charge in [-0.2, -0.15) is 0 Å². The Balaban J connectivity index is 3.85. The number of phosphoric ester groups is 1. The molecule has 0 amide bonds. The van der Waals surface area contributed by atoms with Gasteiger partial charge in [0, 0.05) is 12.8 Å². The third kappa shape index (κ3) is 78.0. The van der Waals surface area contributed by atoms with Gasteiger partial charge < -0.3 is 27.9 Å². The van der Waals surface area contributed by atoms with E-state index in [4.69, 9.17) is 18.5 Å². The molecule has 10 heteroatoms. The number of esters is 2. The van der Waals surface area contributed by atoms with E-state index in [0.717, 1.165) is 32.1 Å². The molecule has 0 aliphatic rings. The van der Waals surface area contributed by atoms with Crippen molar-refractivity contribution in [1.29, 1.82) is 0 Å². The number of likely N-dealkylation sites (N-methyl/N-ethyl adjacent to an activating group) is 1. The largest absolute Gasteiger partial charge is 0.756 e. The summed E-state index contributed by atoms with van der Waals surface area (Å²) in [4.78, 5) is 38.2. The van der Waals surface area contributed by atoms with Crippen LogP contribution in [-0.2, 0) is 32.7 Å². The predicted molar refractivity (Wildman–Crippen MR) is 398 cm³/mol. The minimum atomic E-state index is -4.64. The normalized spacial score (nSPS) is 12.9. The number of carbonyl (C=O) groups excluding carboxylic acids is 2. The first-order chi connectivity index (χ1) is 45.0. The summed E-state index contributed by atoms with van der Waals surface area (Å²) >= 11 is 0. The zero-order valence-corrected chi connectivity index (χ0v) is 64.0. The molecule has 0 rings (SSSR count). The number of nitrogens with zero attached hydrogens (tertiary/aromatic N) is 1. The van der Waals surface area contributed by atoms with Gasteiger partial charge in [0.15, 0.2) is 6.10 Å². The zero-order valence-electron chi connectivity index (χ0n) is 63.1. The highest BCUT2D eigenvalue weighted by atomic mass is 31.2. The molecule has 9 nitrogen and oxygen atoms in total. The van der Waals surface area contributed by atoms with Crippen LogP contribution in [0.5, 0.6) is 0 Å². The maximum atomic E-state index is 12.9. The highest BCUT2D eigenvalue weighted by Gasteiger charge is 2.22. The van der Waals surface area contributed by atoms with Gasteiger partial charge in [0.2, 0.25) is 0 Å². The van der Waals surface area contributed by atoms with E-state index in [1.807, 2.05) is 21.1 Å². The molecule has 92 heavy (non-hydrogen) atoms. The Hall–Kier alpha value is -0.990. The molecule has 0 N–H and O–H groups in total. The van der Waals surface area contributed by atoms with E-state index in [1.54, 1.807) is 0 Å². The molecular weight excluding hydrogens is 1160 g/mol. The molecule has 0 aliphatic carbocycles. The van der Waals surface area contributed by atoms with Crippen molar-refractivity contribution in [2.75, 3.05) is 47.5 Å². The molecule has 0 aromatic heterocycles. The number of rotatable bonds is 80. The second-order valence-corrected chi connectivity index (χ2v) is 31.6. The molecule has 0 heterocycles. The summed E-state index contributed by atoms with van der Waals surface area (Å²) in [6.45, 7) is 4.35. The Bertz CT molecular complexity index is 1510. The lowest BCUT2D eigenvalue weighted by Gasteiger charge is -2.28. The smallest absolute Gasteiger partial charge is 0.306 e. The first-order valence-electron chi connectivity index (χ1n) is 41.7. The van der Waals surface area contributed by atoms with Gasteiger partial charge in [0.1, 0.15) is 19.8 Å². The van der Waals surface area contributed by atoms with Crippen molar-refractivity contribution in [3.05, 3.63) is 0 Å². The first-order valence-corrected chi connectivity index (χ1v) is 43.2. The highest BCUT2D eigenvalue weighted by molar-refractivity contribution is 7.45. The van der Waals surface area contributed by atoms with Crippen LogP contribution in [0.1, 0.15) is 463 Å². The van der Waals surface area contributed by atoms with Crippen LogP contribution in [0.25, 0.3) is 0 Å². The number of unbranched alkanes of at least 4 members (excludes halogenated alkanes) is 66. The lowest BCUT2D eigenvalue weighted by molar-refractivity contribution is -0.870. The van der Waals surface area contributed by atoms with Gasteiger partial charge in [-0.15, -0.1) is 0 Å². The number of hydrogen-bond donors (Lipinski definition) is 0. The molecule has 0 bridgehead atoms. The summed E-state index contributed by atoms with van der Waals surface area (Å²) in [5, 5.41) is 0. The molecule has 0 aliphatic heterocycles. The van der Waals surface area contributed by atoms with Crippen molar-refractivity contribution in [1.82, 2.24) is 0 Å². The predicted octanol–water partition coefficient (Wildman–Crippen LogP) is 27.0. The highest BCUT2D eigenvalue weighted by Crippen LogP contribution is 2.38. The van der Waals surface area contributed by atoms with Crippen molar-refractivity contribution in [2.45, 2.75) is 469 Å². The van der Waals surface area contributed by atoms with Crippen molar-refractivity contribution < 1.29 is 42.1 Å². The van der Waals surface area contributed by atoms with E-state index in [0.29, 0.717) is 17.4 Å². The number of ether oxygens (including phenoxy) is 2. The molecule has 550 valence electrons. The molecule has 0 saturated carbocycles. The average Bonchev–Trinajstić information content (AvgIpc) is 2.38. The first kappa shape index (κ1) is 91.0. The van der Waals surface area contributed by atoms with Crippen LogP contribution < -0.4 is 4.89 Å². The summed E-state index contributed by atoms with van der Waals surface area (Å²) in [7, 11) is 1.20. The van der Waals surface area contributed by atoms with E-state index in [1.165, 1.54) is 398 Å². The average molecular weight is 1320 g/mol. The molecular formula is C82H164NO8P. The lowest BCUT2D eigenvalue weighted by Crippen LogP contribution is -2.37. The van der Waals surface area contributed by atoms with Crippen LogP contribution in [0.15, 0.2) is 0 Å². The van der Waals surface area contributed by atoms with Crippen molar-refractivity contribution in [2.24, 2.45) is 0 Å². The van der Waals surface area contributed by atoms with Crippen molar-refractivity contribution in [3.63, 3.8) is 0 Å². The fourth-order valence-electron chi connectivity index (χ4n) is 13.3. The monoisotopic (exact) mass is 1320 g/mol. The van der Waals surface area contributed by atoms with Gasteiger partial charge in [-0.05, 0) is 12.8 Å². The van der Waals surface area contributed by atoms with Gasteiger partial charge in [-0.3, -0.25) is 14.2 Å². The van der Waals surface area contributed by atoms with Crippen LogP contribution in [0, 0.1) is 0 Å². The molecule has 2 unspecified atom stereocenters. The third-order valence-electron chi connectivity index (χ3n) is 19.6. The maximum Gasteiger partial charge on any atom is 0.306 e. The van der Waals surface area contributed by atoms with E-state index < -0.39 is 26.5 Å². The second-order valence-electron chi connectivity index (χ2n) is 30.2. The van der Waals surface area contributed by atoms with Crippen molar-refractivity contribution in [3.8, 4) is 0 Å². The second kappa shape index (κ2) is 74.2. The van der Waals surface area contributed by atoms with Crippen LogP contribution in [0.3, 0.4) is 0 Å². The molecule has 0 radical (unpaired) electrons. The summed E-state index contributed by atoms with van der Waals surface area (Å²) in [5.41, 5.74) is 0. The number of phosphoric acid groups is 1. The Morgan fingerprint density at radius 1 is 0.293 bits per heavy atom. The molecule has 0 fully saturated rings. The maximum absolute atomic E-state index is 12.9. The van der Waals surface area contributed by atoms with Gasteiger partial charge >= 0.3 is 11.9 Å². The quantitative estimate of drug-likeness (QED) is 0.0256. The Morgan fingerprint density at radius 3 is 0.696 bits per heavy atom. The van der Waals surface area contributed by atoms with Gasteiger partial charge in [0.05, 0.1) is 27.7 Å². The Morgan fingerprint density at radius 2 is 0.489 bits per heavy atom. The summed E-state index contributed by atoms with van der Waals surface area (Å²) < 4.78 is 34.5. The number of carbonyl (C=O) groups is 2. The van der Waals surface area contributed by atoms with E-state index in [-0.39, 0.29) is 32.0 Å². The van der Waals surface area contributed by atoms with Gasteiger partial charge in [-0.25, -0.2) is 0 Å². The summed E-state index contributed by atoms with van der Waals surface area (Å²) in [6, 6.07) is 0. The fourth-order valence-corrected chi connectivity index (χ4v) is 14.0. The lowest BCUT2D eigenvalue weighted by atomic mass is 10.0. The summed E-state index contributed by atoms with van der Waals surface area (Å²) in [6.07, 6.45) is 92.6. The molecule has 2 atom stereocenters. The van der Waals surface area contributed by atoms with Crippen LogP contribution in [-0.4, -0.2) is 70.0 Å². The fraction of sp³-hybridized carbons (Fsp3) is 0.976. The molecule has 0 aromatic carbocycles. The Labute approximate surface area is 575 Å². The molecule has 0 aromatic rings. The minimum absolute atomic E-state index is 0.0246. The van der Waals surface area contributed by atoms with E-state index in [9.17, 15) is 19.0 Å². The standard InChI is InChI=1S/C82H164NO8P/c1-6-8-10-12-14-16-18-20-22-24-26-28-30-32-34-36-38-39-40-41-42-43-44-45-47-49-51-53-55-57-59-61-63-65-67-69-71-73-75-82(85)91-80(79-90-92(86,87)89-77-76-83(3,4)5)78-88-81(84)74-72-70-68-66-64-62-60-58-56-54-52-50-48-46-37-35-33-31-29-27-25-23-21-19-17-15-13-11-9-7-2/h80H,6-79H2,1-5H3. The number of hydrogen-bond acceptors (Lipinski definition) is 8. The summed E-state index contributed by atoms with van der Waals surface area (Å²) in [5.74, 6) is -0.800. The van der Waals surface area contributed by atoms with Crippen LogP contribution >= 0.6 is 7.82 Å². The minimum Gasteiger partial charge on any atom is -0.756 e. The SMILES string of the molecule is CCCCCCCCCCCCCCCCCCCCCCCCCCCCCCCCCCCCCCCCC(=O)OC(COC(=O)CCCCCCCCCCCCCCCCCCCCCCCCCCCCCCCC)COP(=O)([O-])OCC[N+](C)(C)C. The van der Waals surface area contributed by atoms with Crippen molar-refractivity contribution >= 4 is 19.8 Å². The van der Waals surface area contributed by atoms with E-state index >= 15 is 0 Å².